The number of alkyl halides is 3. The van der Waals surface area contributed by atoms with Gasteiger partial charge >= 0.3 is 12.1 Å². The lowest BCUT2D eigenvalue weighted by Crippen LogP contribution is -2.33. The first kappa shape index (κ1) is 21.4. The van der Waals surface area contributed by atoms with E-state index >= 15 is 0 Å². The summed E-state index contributed by atoms with van der Waals surface area (Å²) in [7, 11) is 1.70. The molecule has 2 heterocycles. The number of hydrogen-bond donors (Lipinski definition) is 0. The maximum Gasteiger partial charge on any atom is 0.471 e. The Bertz CT molecular complexity index is 1220. The van der Waals surface area contributed by atoms with Gasteiger partial charge in [0.15, 0.2) is 0 Å². The van der Waals surface area contributed by atoms with Crippen molar-refractivity contribution in [2.24, 2.45) is 0 Å². The molecule has 2 aromatic carbocycles. The molecule has 0 atom stereocenters. The summed E-state index contributed by atoms with van der Waals surface area (Å²) < 4.78 is 49.7. The SMILES string of the molecule is CN(CCOc1ccccc1)C(=O)Cn1ccc2cc(-c3noc(C(F)(F)F)n3)ccc21. The Morgan fingerprint density at radius 1 is 1.16 bits per heavy atom. The Morgan fingerprint density at radius 2 is 1.94 bits per heavy atom. The molecule has 0 spiro atoms. The van der Waals surface area contributed by atoms with E-state index in [9.17, 15) is 18.0 Å². The molecule has 10 heteroatoms. The Kier molecular flexibility index (Phi) is 5.85. The molecule has 0 aliphatic rings. The molecule has 0 radical (unpaired) electrons. The van der Waals surface area contributed by atoms with Gasteiger partial charge in [-0.25, -0.2) is 0 Å². The number of fused-ring (bicyclic) bond motifs is 1. The zero-order valence-corrected chi connectivity index (χ0v) is 17.0. The molecule has 0 aliphatic heterocycles. The summed E-state index contributed by atoms with van der Waals surface area (Å²) in [5.41, 5.74) is 1.14. The van der Waals surface area contributed by atoms with Gasteiger partial charge in [-0.3, -0.25) is 4.79 Å². The van der Waals surface area contributed by atoms with Crippen molar-refractivity contribution in [1.29, 1.82) is 0 Å². The first-order valence-corrected chi connectivity index (χ1v) is 9.73. The molecule has 0 N–H and O–H groups in total. The molecule has 2 aromatic heterocycles. The summed E-state index contributed by atoms with van der Waals surface area (Å²) in [4.78, 5) is 17.6. The number of likely N-dealkylation sites (N-methyl/N-ethyl adjacent to an activating group) is 1. The molecule has 0 bridgehead atoms. The van der Waals surface area contributed by atoms with Gasteiger partial charge in [-0.1, -0.05) is 23.4 Å². The minimum absolute atomic E-state index is 0.101. The van der Waals surface area contributed by atoms with Crippen LogP contribution in [0.15, 0.2) is 65.3 Å². The third-order valence-corrected chi connectivity index (χ3v) is 4.87. The average molecular weight is 444 g/mol. The topological polar surface area (TPSA) is 73.4 Å². The van der Waals surface area contributed by atoms with E-state index in [1.165, 1.54) is 0 Å². The molecule has 7 nitrogen and oxygen atoms in total. The summed E-state index contributed by atoms with van der Waals surface area (Å²) in [6, 6.07) is 16.1. The molecule has 32 heavy (non-hydrogen) atoms. The summed E-state index contributed by atoms with van der Waals surface area (Å²) in [5, 5.41) is 4.14. The Balaban J connectivity index is 1.40. The normalized spacial score (nSPS) is 11.6. The highest BCUT2D eigenvalue weighted by molar-refractivity contribution is 5.86. The number of benzene rings is 2. The zero-order chi connectivity index (χ0) is 22.7. The highest BCUT2D eigenvalue weighted by Gasteiger charge is 2.38. The largest absolute Gasteiger partial charge is 0.492 e. The van der Waals surface area contributed by atoms with Crippen LogP contribution in [0.25, 0.3) is 22.3 Å². The first-order valence-electron chi connectivity index (χ1n) is 9.73. The van der Waals surface area contributed by atoms with Crippen molar-refractivity contribution >= 4 is 16.8 Å². The number of ether oxygens (including phenoxy) is 1. The molecule has 166 valence electrons. The molecule has 0 unspecified atom stereocenters. The van der Waals surface area contributed by atoms with E-state index in [0.717, 1.165) is 16.7 Å². The fourth-order valence-corrected chi connectivity index (χ4v) is 3.14. The van der Waals surface area contributed by atoms with Gasteiger partial charge in [0.05, 0.1) is 6.54 Å². The number of amides is 1. The minimum atomic E-state index is -4.70. The lowest BCUT2D eigenvalue weighted by molar-refractivity contribution is -0.159. The highest BCUT2D eigenvalue weighted by atomic mass is 19.4. The fourth-order valence-electron chi connectivity index (χ4n) is 3.14. The monoisotopic (exact) mass is 444 g/mol. The van der Waals surface area contributed by atoms with Crippen molar-refractivity contribution in [1.82, 2.24) is 19.6 Å². The van der Waals surface area contributed by atoms with Crippen LogP contribution in [0.1, 0.15) is 5.89 Å². The third kappa shape index (κ3) is 4.74. The smallest absolute Gasteiger partial charge is 0.471 e. The van der Waals surface area contributed by atoms with E-state index in [2.05, 4.69) is 14.7 Å². The highest BCUT2D eigenvalue weighted by Crippen LogP contribution is 2.30. The molecule has 0 fully saturated rings. The number of rotatable bonds is 7. The summed E-state index contributed by atoms with van der Waals surface area (Å²) >= 11 is 0. The molecule has 0 saturated carbocycles. The third-order valence-electron chi connectivity index (χ3n) is 4.87. The molecule has 0 aliphatic carbocycles. The van der Waals surface area contributed by atoms with Gasteiger partial charge in [-0.15, -0.1) is 0 Å². The van der Waals surface area contributed by atoms with Crippen molar-refractivity contribution in [3.63, 3.8) is 0 Å². The molecule has 0 saturated heterocycles. The number of carbonyl (C=O) groups excluding carboxylic acids is 1. The standard InChI is InChI=1S/C22H19F3N4O3/c1-28(11-12-31-17-5-3-2-4-6-17)19(30)14-29-10-9-15-13-16(7-8-18(15)29)20-26-21(32-27-20)22(23,24)25/h2-10,13H,11-12,14H2,1H3. The second-order valence-corrected chi connectivity index (χ2v) is 7.11. The molecular formula is C22H19F3N4O3. The van der Waals surface area contributed by atoms with Gasteiger partial charge in [-0.2, -0.15) is 18.2 Å². The minimum Gasteiger partial charge on any atom is -0.492 e. The predicted octanol–water partition coefficient (Wildman–Crippen LogP) is 4.25. The summed E-state index contributed by atoms with van der Waals surface area (Å²) in [6.07, 6.45) is -2.95. The van der Waals surface area contributed by atoms with Crippen LogP contribution < -0.4 is 4.74 Å². The number of halogens is 3. The number of aromatic nitrogens is 3. The van der Waals surface area contributed by atoms with Crippen LogP contribution in [0.3, 0.4) is 0 Å². The second-order valence-electron chi connectivity index (χ2n) is 7.11. The van der Waals surface area contributed by atoms with E-state index in [1.807, 2.05) is 30.3 Å². The van der Waals surface area contributed by atoms with Gasteiger partial charge < -0.3 is 18.7 Å². The fraction of sp³-hybridized carbons (Fsp3) is 0.227. The van der Waals surface area contributed by atoms with Crippen molar-refractivity contribution in [2.75, 3.05) is 20.2 Å². The first-order chi connectivity index (χ1) is 15.3. The van der Waals surface area contributed by atoms with Crippen LogP contribution in [0, 0.1) is 0 Å². The molecule has 4 rings (SSSR count). The van der Waals surface area contributed by atoms with E-state index < -0.39 is 12.1 Å². The quantitative estimate of drug-likeness (QED) is 0.426. The van der Waals surface area contributed by atoms with Crippen LogP contribution in [0.4, 0.5) is 13.2 Å². The van der Waals surface area contributed by atoms with Gasteiger partial charge in [0.2, 0.25) is 11.7 Å². The van der Waals surface area contributed by atoms with Crippen LogP contribution in [-0.4, -0.2) is 45.7 Å². The Morgan fingerprint density at radius 3 is 2.66 bits per heavy atom. The van der Waals surface area contributed by atoms with Gasteiger partial charge in [0, 0.05) is 29.7 Å². The van der Waals surface area contributed by atoms with E-state index in [1.54, 1.807) is 47.0 Å². The number of para-hydroxylation sites is 1. The van der Waals surface area contributed by atoms with Gasteiger partial charge in [0.25, 0.3) is 0 Å². The maximum atomic E-state index is 12.7. The number of carbonyl (C=O) groups is 1. The van der Waals surface area contributed by atoms with Crippen LogP contribution in [0.2, 0.25) is 0 Å². The lowest BCUT2D eigenvalue weighted by Gasteiger charge is -2.18. The molecular weight excluding hydrogens is 425 g/mol. The zero-order valence-electron chi connectivity index (χ0n) is 17.0. The summed E-state index contributed by atoms with van der Waals surface area (Å²) in [6.45, 7) is 0.911. The van der Waals surface area contributed by atoms with Crippen molar-refractivity contribution < 1.29 is 27.2 Å². The van der Waals surface area contributed by atoms with E-state index in [0.29, 0.717) is 18.7 Å². The maximum absolute atomic E-state index is 12.7. The van der Waals surface area contributed by atoms with Crippen molar-refractivity contribution in [3.8, 4) is 17.1 Å². The number of hydrogen-bond acceptors (Lipinski definition) is 5. The lowest BCUT2D eigenvalue weighted by atomic mass is 10.1. The Labute approximate surface area is 181 Å². The van der Waals surface area contributed by atoms with Crippen molar-refractivity contribution in [2.45, 2.75) is 12.7 Å². The second kappa shape index (κ2) is 8.74. The van der Waals surface area contributed by atoms with Gasteiger partial charge in [-0.05, 0) is 36.4 Å². The molecule has 1 amide bonds. The Hall–Kier alpha value is -3.82. The van der Waals surface area contributed by atoms with Crippen LogP contribution in [-0.2, 0) is 17.5 Å². The average Bonchev–Trinajstić information content (AvgIpc) is 3.42. The van der Waals surface area contributed by atoms with Crippen LogP contribution >= 0.6 is 0 Å². The van der Waals surface area contributed by atoms with Gasteiger partial charge in [0.1, 0.15) is 18.9 Å². The van der Waals surface area contributed by atoms with Crippen molar-refractivity contribution in [3.05, 3.63) is 66.7 Å². The number of nitrogens with zero attached hydrogens (tertiary/aromatic N) is 4. The summed E-state index contributed by atoms with van der Waals surface area (Å²) in [5.74, 6) is -0.906. The van der Waals surface area contributed by atoms with Crippen LogP contribution in [0.5, 0.6) is 5.75 Å². The van der Waals surface area contributed by atoms with E-state index in [-0.39, 0.29) is 18.3 Å². The predicted molar refractivity (Wildman–Crippen MR) is 110 cm³/mol. The van der Waals surface area contributed by atoms with E-state index in [4.69, 9.17) is 4.74 Å². The molecule has 4 aromatic rings.